The van der Waals surface area contributed by atoms with Gasteiger partial charge in [-0.2, -0.15) is 0 Å². The minimum Gasteiger partial charge on any atom is -0.464 e. The van der Waals surface area contributed by atoms with Crippen molar-refractivity contribution in [2.75, 3.05) is 0 Å². The van der Waals surface area contributed by atoms with Gasteiger partial charge in [0, 0.05) is 10.9 Å². The van der Waals surface area contributed by atoms with E-state index in [1.54, 1.807) is 6.26 Å². The van der Waals surface area contributed by atoms with E-state index >= 15 is 0 Å². The third-order valence-corrected chi connectivity index (χ3v) is 3.26. The second kappa shape index (κ2) is 6.41. The van der Waals surface area contributed by atoms with Crippen molar-refractivity contribution in [1.82, 2.24) is 0 Å². The maximum absolute atomic E-state index is 10.2. The normalized spacial score (nSPS) is 12.7. The van der Waals surface area contributed by atoms with Crippen LogP contribution in [-0.4, -0.2) is 5.11 Å². The number of unbranched alkanes of at least 4 members (excludes halogenated alkanes) is 3. The highest BCUT2D eigenvalue weighted by molar-refractivity contribution is 5.81. The molecule has 18 heavy (non-hydrogen) atoms. The molecule has 0 radical (unpaired) electrons. The molecule has 0 aliphatic carbocycles. The number of para-hydroxylation sites is 1. The van der Waals surface area contributed by atoms with Crippen LogP contribution in [0, 0.1) is 0 Å². The molecule has 1 heterocycles. The number of hydrogen-bond donors (Lipinski definition) is 1. The van der Waals surface area contributed by atoms with Gasteiger partial charge in [-0.25, -0.2) is 0 Å². The van der Waals surface area contributed by atoms with Crippen LogP contribution in [0.1, 0.15) is 43.8 Å². The molecule has 1 atom stereocenters. The lowest BCUT2D eigenvalue weighted by Crippen LogP contribution is -1.96. The first kappa shape index (κ1) is 12.9. The topological polar surface area (TPSA) is 33.4 Å². The largest absolute Gasteiger partial charge is 0.464 e. The van der Waals surface area contributed by atoms with Gasteiger partial charge in [-0.3, -0.25) is 0 Å². The fraction of sp³-hybridized carbons (Fsp3) is 0.375. The Bertz CT molecular complexity index is 499. The smallest absolute Gasteiger partial charge is 0.134 e. The highest BCUT2D eigenvalue weighted by Gasteiger charge is 2.13. The summed E-state index contributed by atoms with van der Waals surface area (Å²) in [5.74, 6) is 0. The van der Waals surface area contributed by atoms with Crippen molar-refractivity contribution in [2.24, 2.45) is 0 Å². The van der Waals surface area contributed by atoms with E-state index in [9.17, 15) is 5.11 Å². The fourth-order valence-electron chi connectivity index (χ4n) is 2.22. The summed E-state index contributed by atoms with van der Waals surface area (Å²) in [6, 6.07) is 7.83. The molecule has 0 saturated heterocycles. The first-order chi connectivity index (χ1) is 8.83. The van der Waals surface area contributed by atoms with E-state index in [2.05, 4.69) is 6.58 Å². The predicted octanol–water partition coefficient (Wildman–Crippen LogP) is 4.60. The summed E-state index contributed by atoms with van der Waals surface area (Å²) in [6.07, 6.45) is 8.39. The maximum atomic E-state index is 10.2. The highest BCUT2D eigenvalue weighted by Crippen LogP contribution is 2.29. The van der Waals surface area contributed by atoms with E-state index in [1.807, 2.05) is 30.3 Å². The number of aliphatic hydroxyl groups excluding tert-OH is 1. The number of aliphatic hydroxyl groups is 1. The summed E-state index contributed by atoms with van der Waals surface area (Å²) < 4.78 is 5.44. The second-order valence-electron chi connectivity index (χ2n) is 4.63. The zero-order valence-corrected chi connectivity index (χ0v) is 10.6. The van der Waals surface area contributed by atoms with E-state index in [0.717, 1.165) is 48.6 Å². The molecular formula is C16H20O2. The average Bonchev–Trinajstić information content (AvgIpc) is 2.82. The Morgan fingerprint density at radius 2 is 2.06 bits per heavy atom. The van der Waals surface area contributed by atoms with Crippen LogP contribution in [-0.2, 0) is 0 Å². The lowest BCUT2D eigenvalue weighted by molar-refractivity contribution is 0.164. The molecule has 1 unspecified atom stereocenters. The third kappa shape index (κ3) is 3.02. The minimum atomic E-state index is -0.419. The number of hydrogen-bond acceptors (Lipinski definition) is 2. The van der Waals surface area contributed by atoms with Crippen LogP contribution in [0.5, 0.6) is 0 Å². The molecule has 1 N–H and O–H groups in total. The molecule has 0 aliphatic heterocycles. The van der Waals surface area contributed by atoms with Crippen LogP contribution >= 0.6 is 0 Å². The molecule has 2 nitrogen and oxygen atoms in total. The second-order valence-corrected chi connectivity index (χ2v) is 4.63. The Balaban J connectivity index is 1.92. The standard InChI is InChI=1S/C16H20O2/c1-2-3-4-5-6-10-15(17)14-12-18-16-11-8-7-9-13(14)16/h2,7-9,11-12,15,17H,1,3-6,10H2. The maximum Gasteiger partial charge on any atom is 0.134 e. The van der Waals surface area contributed by atoms with Gasteiger partial charge in [0.05, 0.1) is 12.4 Å². The minimum absolute atomic E-state index is 0.419. The van der Waals surface area contributed by atoms with Crippen molar-refractivity contribution in [2.45, 2.75) is 38.2 Å². The molecule has 0 saturated carbocycles. The van der Waals surface area contributed by atoms with Gasteiger partial charge in [0.25, 0.3) is 0 Å². The first-order valence-electron chi connectivity index (χ1n) is 6.58. The number of allylic oxidation sites excluding steroid dienone is 1. The zero-order valence-electron chi connectivity index (χ0n) is 10.6. The molecule has 0 amide bonds. The van der Waals surface area contributed by atoms with Gasteiger partial charge >= 0.3 is 0 Å². The lowest BCUT2D eigenvalue weighted by Gasteiger charge is -2.08. The van der Waals surface area contributed by atoms with Crippen molar-refractivity contribution in [3.05, 3.63) is 48.7 Å². The van der Waals surface area contributed by atoms with E-state index < -0.39 is 6.10 Å². The van der Waals surface area contributed by atoms with E-state index in [-0.39, 0.29) is 0 Å². The van der Waals surface area contributed by atoms with Gasteiger partial charge in [0.2, 0.25) is 0 Å². The molecular weight excluding hydrogens is 224 g/mol. The SMILES string of the molecule is C=CCCCCCC(O)c1coc2ccccc12. The van der Waals surface area contributed by atoms with E-state index in [4.69, 9.17) is 4.42 Å². The van der Waals surface area contributed by atoms with Gasteiger partial charge in [0.15, 0.2) is 0 Å². The Morgan fingerprint density at radius 3 is 2.89 bits per heavy atom. The summed E-state index contributed by atoms with van der Waals surface area (Å²) >= 11 is 0. The van der Waals surface area contributed by atoms with Gasteiger partial charge < -0.3 is 9.52 Å². The van der Waals surface area contributed by atoms with Crippen LogP contribution in [0.3, 0.4) is 0 Å². The molecule has 2 aromatic rings. The molecule has 2 heteroatoms. The van der Waals surface area contributed by atoms with Gasteiger partial charge in [0.1, 0.15) is 5.58 Å². The van der Waals surface area contributed by atoms with Crippen LogP contribution in [0.15, 0.2) is 47.6 Å². The first-order valence-corrected chi connectivity index (χ1v) is 6.58. The van der Waals surface area contributed by atoms with Crippen LogP contribution in [0.25, 0.3) is 11.0 Å². The lowest BCUT2D eigenvalue weighted by atomic mass is 10.0. The van der Waals surface area contributed by atoms with Gasteiger partial charge in [-0.1, -0.05) is 37.1 Å². The molecule has 96 valence electrons. The monoisotopic (exact) mass is 244 g/mol. The van der Waals surface area contributed by atoms with Crippen molar-refractivity contribution in [1.29, 1.82) is 0 Å². The van der Waals surface area contributed by atoms with Crippen LogP contribution in [0.2, 0.25) is 0 Å². The Kier molecular flexibility index (Phi) is 4.59. The van der Waals surface area contributed by atoms with Gasteiger partial charge in [-0.15, -0.1) is 6.58 Å². The van der Waals surface area contributed by atoms with Gasteiger partial charge in [-0.05, 0) is 25.3 Å². The molecule has 2 rings (SSSR count). The predicted molar refractivity (Wildman–Crippen MR) is 74.5 cm³/mol. The Morgan fingerprint density at radius 1 is 1.22 bits per heavy atom. The molecule has 1 aromatic heterocycles. The zero-order chi connectivity index (χ0) is 12.8. The van der Waals surface area contributed by atoms with E-state index in [0.29, 0.717) is 0 Å². The number of fused-ring (bicyclic) bond motifs is 1. The third-order valence-electron chi connectivity index (χ3n) is 3.26. The molecule has 0 spiro atoms. The number of rotatable bonds is 7. The van der Waals surface area contributed by atoms with E-state index in [1.165, 1.54) is 0 Å². The average molecular weight is 244 g/mol. The van der Waals surface area contributed by atoms with Crippen molar-refractivity contribution < 1.29 is 9.52 Å². The number of benzene rings is 1. The summed E-state index contributed by atoms with van der Waals surface area (Å²) in [5.41, 5.74) is 1.76. The molecule has 0 fully saturated rings. The highest BCUT2D eigenvalue weighted by atomic mass is 16.3. The van der Waals surface area contributed by atoms with Crippen molar-refractivity contribution >= 4 is 11.0 Å². The Labute approximate surface area is 108 Å². The van der Waals surface area contributed by atoms with Crippen LogP contribution < -0.4 is 0 Å². The molecule has 1 aromatic carbocycles. The van der Waals surface area contributed by atoms with Crippen molar-refractivity contribution in [3.8, 4) is 0 Å². The summed E-state index contributed by atoms with van der Waals surface area (Å²) in [7, 11) is 0. The molecule has 0 bridgehead atoms. The van der Waals surface area contributed by atoms with Crippen LogP contribution in [0.4, 0.5) is 0 Å². The fourth-order valence-corrected chi connectivity index (χ4v) is 2.22. The molecule has 0 aliphatic rings. The summed E-state index contributed by atoms with van der Waals surface area (Å²) in [4.78, 5) is 0. The van der Waals surface area contributed by atoms with Crippen molar-refractivity contribution in [3.63, 3.8) is 0 Å². The Hall–Kier alpha value is -1.54. The number of furan rings is 1. The summed E-state index contributed by atoms with van der Waals surface area (Å²) in [5, 5.41) is 11.2. The quantitative estimate of drug-likeness (QED) is 0.570. The summed E-state index contributed by atoms with van der Waals surface area (Å²) in [6.45, 7) is 3.71.